The van der Waals surface area contributed by atoms with E-state index >= 15 is 0 Å². The average Bonchev–Trinajstić information content (AvgIpc) is 2.81. The van der Waals surface area contributed by atoms with Crippen molar-refractivity contribution >= 4 is 34.2 Å². The number of nitrogens with zero attached hydrogens (tertiary/aromatic N) is 2. The van der Waals surface area contributed by atoms with Gasteiger partial charge in [-0.2, -0.15) is 0 Å². The van der Waals surface area contributed by atoms with E-state index in [-0.39, 0.29) is 0 Å². The van der Waals surface area contributed by atoms with Crippen molar-refractivity contribution in [3.63, 3.8) is 0 Å². The summed E-state index contributed by atoms with van der Waals surface area (Å²) in [7, 11) is 2.01. The Labute approximate surface area is 110 Å². The van der Waals surface area contributed by atoms with Crippen molar-refractivity contribution in [2.45, 2.75) is 6.54 Å². The molecule has 0 unspecified atom stereocenters. The van der Waals surface area contributed by atoms with Gasteiger partial charge in [0.05, 0.1) is 18.4 Å². The fourth-order valence-corrected chi connectivity index (χ4v) is 2.55. The molecule has 3 nitrogen and oxygen atoms in total. The van der Waals surface area contributed by atoms with E-state index in [0.717, 1.165) is 17.8 Å². The summed E-state index contributed by atoms with van der Waals surface area (Å²) in [6, 6.07) is 6.01. The highest BCUT2D eigenvalue weighted by Gasteiger charge is 2.10. The maximum atomic E-state index is 5.71. The molecule has 0 aliphatic heterocycles. The Morgan fingerprint density at radius 1 is 1.53 bits per heavy atom. The Hall–Kier alpha value is -1.46. The van der Waals surface area contributed by atoms with E-state index in [1.807, 2.05) is 19.2 Å². The van der Waals surface area contributed by atoms with Gasteiger partial charge >= 0.3 is 0 Å². The normalized spacial score (nSPS) is 10.2. The van der Waals surface area contributed by atoms with E-state index in [9.17, 15) is 0 Å². The summed E-state index contributed by atoms with van der Waals surface area (Å²) in [6.07, 6.45) is 3.50. The summed E-state index contributed by atoms with van der Waals surface area (Å²) < 4.78 is 0. The van der Waals surface area contributed by atoms with E-state index in [1.54, 1.807) is 23.7 Å². The molecule has 2 aromatic rings. The van der Waals surface area contributed by atoms with E-state index in [0.29, 0.717) is 4.99 Å². The van der Waals surface area contributed by atoms with Crippen LogP contribution in [0.3, 0.4) is 0 Å². The molecule has 0 aliphatic rings. The predicted octanol–water partition coefficient (Wildman–Crippen LogP) is 2.41. The second kappa shape index (κ2) is 5.25. The highest BCUT2D eigenvalue weighted by Crippen LogP contribution is 2.21. The van der Waals surface area contributed by atoms with Gasteiger partial charge in [-0.25, -0.2) is 0 Å². The van der Waals surface area contributed by atoms with Gasteiger partial charge in [0.2, 0.25) is 0 Å². The van der Waals surface area contributed by atoms with Gasteiger partial charge in [-0.1, -0.05) is 18.3 Å². The number of hydrogen-bond donors (Lipinski definition) is 1. The quantitative estimate of drug-likeness (QED) is 0.860. The first-order valence-electron chi connectivity index (χ1n) is 5.16. The second-order valence-electron chi connectivity index (χ2n) is 3.69. The van der Waals surface area contributed by atoms with Crippen molar-refractivity contribution in [2.75, 3.05) is 11.9 Å². The van der Waals surface area contributed by atoms with Crippen LogP contribution in [0.2, 0.25) is 0 Å². The van der Waals surface area contributed by atoms with Crippen molar-refractivity contribution in [3.05, 3.63) is 46.4 Å². The van der Waals surface area contributed by atoms with Gasteiger partial charge < -0.3 is 10.6 Å². The van der Waals surface area contributed by atoms with E-state index in [4.69, 9.17) is 18.0 Å². The Morgan fingerprint density at radius 2 is 2.35 bits per heavy atom. The monoisotopic (exact) mass is 263 g/mol. The third-order valence-electron chi connectivity index (χ3n) is 2.45. The molecule has 0 radical (unpaired) electrons. The Bertz CT molecular complexity index is 508. The molecule has 0 aromatic carbocycles. The van der Waals surface area contributed by atoms with Gasteiger partial charge in [0.15, 0.2) is 0 Å². The van der Waals surface area contributed by atoms with Crippen molar-refractivity contribution in [1.82, 2.24) is 4.98 Å². The highest BCUT2D eigenvalue weighted by molar-refractivity contribution is 7.80. The van der Waals surface area contributed by atoms with Crippen LogP contribution in [0, 0.1) is 0 Å². The molecule has 2 aromatic heterocycles. The third-order valence-corrected chi connectivity index (χ3v) is 3.53. The second-order valence-corrected chi connectivity index (χ2v) is 5.16. The molecule has 2 rings (SSSR count). The third kappa shape index (κ3) is 2.81. The summed E-state index contributed by atoms with van der Waals surface area (Å²) in [6.45, 7) is 0.832. The number of thiophene rings is 1. The van der Waals surface area contributed by atoms with Crippen LogP contribution in [0.4, 0.5) is 5.69 Å². The lowest BCUT2D eigenvalue weighted by Gasteiger charge is -2.20. The van der Waals surface area contributed by atoms with Crippen LogP contribution in [-0.4, -0.2) is 17.0 Å². The zero-order valence-corrected chi connectivity index (χ0v) is 11.1. The standard InChI is InChI=1S/C12H13N3S2/c1-15(8-9-3-2-6-17-9)11-7-14-5-4-10(11)12(13)16/h2-7H,8H2,1H3,(H2,13,16). The molecule has 0 atom stereocenters. The number of thiocarbonyl (C=S) groups is 1. The lowest BCUT2D eigenvalue weighted by molar-refractivity contribution is 0.933. The van der Waals surface area contributed by atoms with Crippen LogP contribution in [0.5, 0.6) is 0 Å². The average molecular weight is 263 g/mol. The van der Waals surface area contributed by atoms with Crippen molar-refractivity contribution in [2.24, 2.45) is 5.73 Å². The van der Waals surface area contributed by atoms with E-state index < -0.39 is 0 Å². The molecule has 2 N–H and O–H groups in total. The van der Waals surface area contributed by atoms with Gasteiger partial charge in [-0.15, -0.1) is 11.3 Å². The summed E-state index contributed by atoms with van der Waals surface area (Å²) in [5.74, 6) is 0. The van der Waals surface area contributed by atoms with Crippen LogP contribution in [0.25, 0.3) is 0 Å². The summed E-state index contributed by atoms with van der Waals surface area (Å²) in [5.41, 5.74) is 7.54. The topological polar surface area (TPSA) is 42.2 Å². The van der Waals surface area contributed by atoms with Crippen molar-refractivity contribution in [3.8, 4) is 0 Å². The minimum Gasteiger partial charge on any atom is -0.389 e. The Balaban J connectivity index is 2.24. The van der Waals surface area contributed by atoms with E-state index in [1.165, 1.54) is 4.88 Å². The van der Waals surface area contributed by atoms with Crippen molar-refractivity contribution < 1.29 is 0 Å². The SMILES string of the molecule is CN(Cc1cccs1)c1cnccc1C(N)=S. The molecule has 5 heteroatoms. The van der Waals surface area contributed by atoms with Crippen LogP contribution in [-0.2, 0) is 6.54 Å². The molecule has 17 heavy (non-hydrogen) atoms. The Morgan fingerprint density at radius 3 is 3.00 bits per heavy atom. The highest BCUT2D eigenvalue weighted by atomic mass is 32.1. The first-order valence-corrected chi connectivity index (χ1v) is 6.44. The minimum absolute atomic E-state index is 0.403. The molecule has 0 aliphatic carbocycles. The number of aromatic nitrogens is 1. The molecule has 88 valence electrons. The fourth-order valence-electron chi connectivity index (χ4n) is 1.62. The molecule has 0 saturated carbocycles. The van der Waals surface area contributed by atoms with Crippen LogP contribution < -0.4 is 10.6 Å². The van der Waals surface area contributed by atoms with Gasteiger partial charge in [-0.3, -0.25) is 4.98 Å². The van der Waals surface area contributed by atoms with Crippen LogP contribution >= 0.6 is 23.6 Å². The molecule has 0 fully saturated rings. The molecule has 0 bridgehead atoms. The van der Waals surface area contributed by atoms with Crippen LogP contribution in [0.1, 0.15) is 10.4 Å². The zero-order chi connectivity index (χ0) is 12.3. The lowest BCUT2D eigenvalue weighted by Crippen LogP contribution is -2.21. The zero-order valence-electron chi connectivity index (χ0n) is 9.46. The van der Waals surface area contributed by atoms with Gasteiger partial charge in [0.25, 0.3) is 0 Å². The minimum atomic E-state index is 0.403. The molecular formula is C12H13N3S2. The van der Waals surface area contributed by atoms with Gasteiger partial charge in [0, 0.05) is 23.7 Å². The number of hydrogen-bond acceptors (Lipinski definition) is 4. The molecule has 0 spiro atoms. The first-order chi connectivity index (χ1) is 8.18. The maximum Gasteiger partial charge on any atom is 0.106 e. The van der Waals surface area contributed by atoms with Gasteiger partial charge in [0.1, 0.15) is 4.99 Å². The fraction of sp³-hybridized carbons (Fsp3) is 0.167. The lowest BCUT2D eigenvalue weighted by atomic mass is 10.2. The summed E-state index contributed by atoms with van der Waals surface area (Å²) in [5, 5.41) is 2.07. The number of pyridine rings is 1. The molecule has 0 saturated heterocycles. The summed E-state index contributed by atoms with van der Waals surface area (Å²) >= 11 is 6.78. The predicted molar refractivity (Wildman–Crippen MR) is 76.6 cm³/mol. The largest absolute Gasteiger partial charge is 0.389 e. The number of nitrogens with two attached hydrogens (primary N) is 1. The van der Waals surface area contributed by atoms with Crippen LogP contribution in [0.15, 0.2) is 36.0 Å². The maximum absolute atomic E-state index is 5.71. The Kier molecular flexibility index (Phi) is 3.71. The molecular weight excluding hydrogens is 250 g/mol. The number of rotatable bonds is 4. The molecule has 2 heterocycles. The molecule has 0 amide bonds. The summed E-state index contributed by atoms with van der Waals surface area (Å²) in [4.78, 5) is 7.93. The number of anilines is 1. The van der Waals surface area contributed by atoms with Gasteiger partial charge in [-0.05, 0) is 17.5 Å². The first kappa shape index (κ1) is 12.0. The van der Waals surface area contributed by atoms with E-state index in [2.05, 4.69) is 21.3 Å². The van der Waals surface area contributed by atoms with Crippen molar-refractivity contribution in [1.29, 1.82) is 0 Å². The smallest absolute Gasteiger partial charge is 0.106 e.